The van der Waals surface area contributed by atoms with Crippen LogP contribution in [0.1, 0.15) is 39.5 Å². The molecule has 0 aromatic carbocycles. The third kappa shape index (κ3) is 2.22. The van der Waals surface area contributed by atoms with Gasteiger partial charge in [0.1, 0.15) is 17.7 Å². The molecule has 3 fully saturated rings. The van der Waals surface area contributed by atoms with E-state index >= 15 is 0 Å². The summed E-state index contributed by atoms with van der Waals surface area (Å²) >= 11 is 0. The van der Waals surface area contributed by atoms with E-state index in [1.165, 1.54) is 0 Å². The monoisotopic (exact) mass is 333 g/mol. The first-order valence-electron chi connectivity index (χ1n) is 8.82. The second-order valence-corrected chi connectivity index (χ2v) is 8.75. The summed E-state index contributed by atoms with van der Waals surface area (Å²) in [6.07, 6.45) is 6.16. The lowest BCUT2D eigenvalue weighted by atomic mass is 9.65. The van der Waals surface area contributed by atoms with Crippen molar-refractivity contribution in [1.29, 1.82) is 0 Å². The van der Waals surface area contributed by atoms with Crippen molar-refractivity contribution in [1.82, 2.24) is 0 Å². The Hall–Kier alpha value is -1.72. The molecule has 4 rings (SSSR count). The van der Waals surface area contributed by atoms with Crippen molar-refractivity contribution < 1.29 is 19.5 Å². The Morgan fingerprint density at radius 2 is 1.83 bits per heavy atom. The molecule has 130 valence electrons. The van der Waals surface area contributed by atoms with Crippen molar-refractivity contribution in [2.75, 3.05) is 0 Å². The van der Waals surface area contributed by atoms with E-state index in [9.17, 15) is 19.7 Å². The number of fused-ring (bicyclic) bond motifs is 5. The Labute approximate surface area is 140 Å². The first kappa shape index (κ1) is 15.8. The normalized spacial score (nSPS) is 43.2. The summed E-state index contributed by atoms with van der Waals surface area (Å²) in [5.41, 5.74) is -0.269. The zero-order valence-corrected chi connectivity index (χ0v) is 14.0. The van der Waals surface area contributed by atoms with Gasteiger partial charge in [0.15, 0.2) is 0 Å². The maximum Gasteiger partial charge on any atom is 0.294 e. The molecule has 0 saturated heterocycles. The van der Waals surface area contributed by atoms with Gasteiger partial charge in [-0.05, 0) is 47.8 Å². The number of ketones is 2. The van der Waals surface area contributed by atoms with Crippen molar-refractivity contribution in [3.05, 3.63) is 22.3 Å². The van der Waals surface area contributed by atoms with E-state index in [1.807, 2.05) is 13.8 Å². The van der Waals surface area contributed by atoms with E-state index in [0.29, 0.717) is 25.2 Å². The van der Waals surface area contributed by atoms with Crippen molar-refractivity contribution >= 4 is 11.6 Å². The van der Waals surface area contributed by atoms with Crippen LogP contribution in [-0.2, 0) is 14.4 Å². The quantitative estimate of drug-likeness (QED) is 0.343. The lowest BCUT2D eigenvalue weighted by Crippen LogP contribution is -2.44. The Morgan fingerprint density at radius 3 is 2.46 bits per heavy atom. The van der Waals surface area contributed by atoms with Crippen LogP contribution >= 0.6 is 0 Å². The van der Waals surface area contributed by atoms with Gasteiger partial charge in [0.05, 0.1) is 5.92 Å². The van der Waals surface area contributed by atoms with Crippen LogP contribution in [0.15, 0.2) is 12.2 Å². The molecular formula is C18H23NO5. The summed E-state index contributed by atoms with van der Waals surface area (Å²) in [5, 5.41) is 10.1. The number of hydrogen-bond acceptors (Lipinski definition) is 5. The van der Waals surface area contributed by atoms with E-state index in [0.717, 1.165) is 6.42 Å². The van der Waals surface area contributed by atoms with E-state index in [1.54, 1.807) is 0 Å². The minimum Gasteiger partial charge on any atom is -0.310 e. The van der Waals surface area contributed by atoms with Gasteiger partial charge in [-0.3, -0.25) is 9.59 Å². The maximum absolute atomic E-state index is 12.8. The van der Waals surface area contributed by atoms with Crippen LogP contribution in [0.4, 0.5) is 0 Å². The third-order valence-electron chi connectivity index (χ3n) is 6.73. The molecule has 0 radical (unpaired) electrons. The number of rotatable bonds is 3. The predicted molar refractivity (Wildman–Crippen MR) is 84.2 cm³/mol. The first-order chi connectivity index (χ1) is 11.3. The molecule has 6 atom stereocenters. The van der Waals surface area contributed by atoms with Gasteiger partial charge in [-0.15, -0.1) is 10.1 Å². The Bertz CT molecular complexity index is 619. The highest BCUT2D eigenvalue weighted by Gasteiger charge is 2.64. The van der Waals surface area contributed by atoms with Gasteiger partial charge >= 0.3 is 0 Å². The summed E-state index contributed by atoms with van der Waals surface area (Å²) in [6.45, 7) is 3.91. The summed E-state index contributed by atoms with van der Waals surface area (Å²) in [6, 6.07) is 0. The van der Waals surface area contributed by atoms with Gasteiger partial charge in [-0.1, -0.05) is 26.0 Å². The second kappa shape index (κ2) is 5.14. The van der Waals surface area contributed by atoms with Crippen LogP contribution in [0.25, 0.3) is 0 Å². The standard InChI is InChI=1S/C18H23NO5/c1-18(2)7-12(20)17(13(21)8-18)16-11-6-14(24-19(22)23)15(16)10-5-3-4-9(10)11/h3-4,9-11,14-17H,5-8H2,1-2H3/t9-,10+,11+,14-,15+,16+/m1/s1. The largest absolute Gasteiger partial charge is 0.310 e. The average Bonchev–Trinajstić information content (AvgIpc) is 3.06. The Kier molecular flexibility index (Phi) is 3.38. The number of allylic oxidation sites excluding steroid dienone is 2. The van der Waals surface area contributed by atoms with Crippen LogP contribution in [0.2, 0.25) is 0 Å². The van der Waals surface area contributed by atoms with Crippen LogP contribution in [0.5, 0.6) is 0 Å². The fraction of sp³-hybridized carbons (Fsp3) is 0.778. The molecule has 0 aromatic heterocycles. The average molecular weight is 333 g/mol. The van der Waals surface area contributed by atoms with Crippen LogP contribution in [-0.4, -0.2) is 22.8 Å². The molecule has 6 heteroatoms. The van der Waals surface area contributed by atoms with Gasteiger partial charge in [0, 0.05) is 12.8 Å². The SMILES string of the molecule is CC1(C)CC(=O)C([C@H]2[C@H]3C[C@@H](O[N+](=O)[O-])[C@@H]2[C@H]2CC=C[C@@H]32)C(=O)C1. The highest BCUT2D eigenvalue weighted by atomic mass is 17.0. The van der Waals surface area contributed by atoms with E-state index in [2.05, 4.69) is 12.2 Å². The summed E-state index contributed by atoms with van der Waals surface area (Å²) in [4.78, 5) is 41.3. The van der Waals surface area contributed by atoms with Crippen molar-refractivity contribution in [3.8, 4) is 0 Å². The molecule has 0 N–H and O–H groups in total. The molecule has 4 aliphatic rings. The first-order valence-corrected chi connectivity index (χ1v) is 8.82. The number of carbonyl (C=O) groups excluding carboxylic acids is 2. The number of nitrogens with zero attached hydrogens (tertiary/aromatic N) is 1. The van der Waals surface area contributed by atoms with Crippen molar-refractivity contribution in [3.63, 3.8) is 0 Å². The van der Waals surface area contributed by atoms with Gasteiger partial charge in [-0.25, -0.2) is 0 Å². The fourth-order valence-corrected chi connectivity index (χ4v) is 6.19. The Balaban J connectivity index is 1.65. The summed E-state index contributed by atoms with van der Waals surface area (Å²) < 4.78 is 0. The number of hydrogen-bond donors (Lipinski definition) is 0. The fourth-order valence-electron chi connectivity index (χ4n) is 6.19. The van der Waals surface area contributed by atoms with E-state index < -0.39 is 17.1 Å². The molecule has 0 aromatic rings. The smallest absolute Gasteiger partial charge is 0.294 e. The predicted octanol–water partition coefficient (Wildman–Crippen LogP) is 2.60. The topological polar surface area (TPSA) is 86.5 Å². The second-order valence-electron chi connectivity index (χ2n) is 8.75. The van der Waals surface area contributed by atoms with Gasteiger partial charge < -0.3 is 4.84 Å². The van der Waals surface area contributed by atoms with Crippen molar-refractivity contribution in [2.24, 2.45) is 40.9 Å². The highest BCUT2D eigenvalue weighted by molar-refractivity contribution is 6.05. The van der Waals surface area contributed by atoms with Crippen molar-refractivity contribution in [2.45, 2.75) is 45.6 Å². The number of Topliss-reactive ketones (excluding diaryl/α,β-unsaturated/α-hetero) is 2. The minimum absolute atomic E-state index is 0.0296. The van der Waals surface area contributed by atoms with Crippen LogP contribution in [0.3, 0.4) is 0 Å². The zero-order valence-electron chi connectivity index (χ0n) is 14.0. The lowest BCUT2D eigenvalue weighted by molar-refractivity contribution is -0.770. The zero-order chi connectivity index (χ0) is 17.2. The van der Waals surface area contributed by atoms with Crippen LogP contribution < -0.4 is 0 Å². The van der Waals surface area contributed by atoms with Gasteiger partial charge in [0.25, 0.3) is 5.09 Å². The number of carbonyl (C=O) groups is 2. The van der Waals surface area contributed by atoms with Gasteiger partial charge in [-0.2, -0.15) is 0 Å². The molecule has 0 spiro atoms. The highest BCUT2D eigenvalue weighted by Crippen LogP contribution is 2.63. The molecule has 2 bridgehead atoms. The maximum atomic E-state index is 12.8. The van der Waals surface area contributed by atoms with Crippen LogP contribution in [0, 0.1) is 51.0 Å². The third-order valence-corrected chi connectivity index (χ3v) is 6.73. The van der Waals surface area contributed by atoms with E-state index in [-0.39, 0.29) is 40.7 Å². The Morgan fingerprint density at radius 1 is 1.17 bits per heavy atom. The molecule has 24 heavy (non-hydrogen) atoms. The molecule has 0 amide bonds. The summed E-state index contributed by atoms with van der Waals surface area (Å²) in [7, 11) is 0. The molecule has 0 aliphatic heterocycles. The molecule has 0 unspecified atom stereocenters. The summed E-state index contributed by atoms with van der Waals surface area (Å²) in [5.74, 6) is 0.140. The van der Waals surface area contributed by atoms with E-state index in [4.69, 9.17) is 4.84 Å². The lowest BCUT2D eigenvalue weighted by Gasteiger charge is -2.36. The molecule has 6 nitrogen and oxygen atoms in total. The molecule has 4 aliphatic carbocycles. The molecular weight excluding hydrogens is 310 g/mol. The molecule has 3 saturated carbocycles. The minimum atomic E-state index is -0.715. The van der Waals surface area contributed by atoms with Gasteiger partial charge in [0.2, 0.25) is 0 Å². The molecule has 0 heterocycles.